The Kier molecular flexibility index (Phi) is 5.29. The summed E-state index contributed by atoms with van der Waals surface area (Å²) >= 11 is 12.1. The molecule has 0 radical (unpaired) electrons. The van der Waals surface area contributed by atoms with E-state index in [0.717, 1.165) is 0 Å². The molecule has 0 unspecified atom stereocenters. The SMILES string of the molecule is COc1c(Cl)cc(/C=N/NC(=O)c2cc3cc([N+](=O)[O-])ccc3o2)cc1Cl. The predicted molar refractivity (Wildman–Crippen MR) is 101 cm³/mol. The van der Waals surface area contributed by atoms with Gasteiger partial charge in [-0.3, -0.25) is 14.9 Å². The molecule has 138 valence electrons. The lowest BCUT2D eigenvalue weighted by Gasteiger charge is -2.06. The zero-order valence-corrected chi connectivity index (χ0v) is 15.2. The van der Waals surface area contributed by atoms with Crippen molar-refractivity contribution in [3.05, 3.63) is 67.9 Å². The molecule has 27 heavy (non-hydrogen) atoms. The Labute approximate surface area is 162 Å². The van der Waals surface area contributed by atoms with Crippen LogP contribution in [0.2, 0.25) is 10.0 Å². The van der Waals surface area contributed by atoms with Crippen molar-refractivity contribution in [2.24, 2.45) is 5.10 Å². The molecule has 1 N–H and O–H groups in total. The van der Waals surface area contributed by atoms with Crippen molar-refractivity contribution in [2.45, 2.75) is 0 Å². The first-order chi connectivity index (χ1) is 12.9. The van der Waals surface area contributed by atoms with E-state index < -0.39 is 10.8 Å². The van der Waals surface area contributed by atoms with Crippen LogP contribution in [0.3, 0.4) is 0 Å². The second kappa shape index (κ2) is 7.65. The zero-order chi connectivity index (χ0) is 19.6. The minimum atomic E-state index is -0.615. The van der Waals surface area contributed by atoms with Crippen LogP contribution in [0, 0.1) is 10.1 Å². The van der Waals surface area contributed by atoms with E-state index in [1.165, 1.54) is 37.6 Å². The standard InChI is InChI=1S/C17H11Cl2N3O5/c1-26-16-12(18)4-9(5-13(16)19)8-20-21-17(23)15-7-10-6-11(22(24)25)2-3-14(10)27-15/h2-8H,1H3,(H,21,23)/b20-8+. The number of nitrogens with zero attached hydrogens (tertiary/aromatic N) is 2. The molecule has 2 aromatic carbocycles. The number of hydrogen-bond donors (Lipinski definition) is 1. The smallest absolute Gasteiger partial charge is 0.307 e. The normalized spacial score (nSPS) is 11.1. The lowest BCUT2D eigenvalue weighted by Crippen LogP contribution is -2.16. The molecule has 0 aliphatic carbocycles. The molecule has 3 rings (SSSR count). The van der Waals surface area contributed by atoms with Crippen molar-refractivity contribution in [2.75, 3.05) is 7.11 Å². The lowest BCUT2D eigenvalue weighted by molar-refractivity contribution is -0.384. The van der Waals surface area contributed by atoms with E-state index in [1.54, 1.807) is 12.1 Å². The molecule has 0 fully saturated rings. The number of hydrogen-bond acceptors (Lipinski definition) is 6. The van der Waals surface area contributed by atoms with Crippen molar-refractivity contribution >= 4 is 52.0 Å². The molecule has 1 aromatic heterocycles. The first kappa shape index (κ1) is 18.7. The van der Waals surface area contributed by atoms with Crippen molar-refractivity contribution in [3.8, 4) is 5.75 Å². The molecule has 0 aliphatic rings. The summed E-state index contributed by atoms with van der Waals surface area (Å²) in [6.45, 7) is 0. The highest BCUT2D eigenvalue weighted by Gasteiger charge is 2.14. The minimum absolute atomic E-state index is 0.0338. The quantitative estimate of drug-likeness (QED) is 0.382. The van der Waals surface area contributed by atoms with Crippen molar-refractivity contribution in [3.63, 3.8) is 0 Å². The van der Waals surface area contributed by atoms with Gasteiger partial charge in [-0.1, -0.05) is 23.2 Å². The first-order valence-electron chi connectivity index (χ1n) is 7.43. The van der Waals surface area contributed by atoms with E-state index in [9.17, 15) is 14.9 Å². The Morgan fingerprint density at radius 3 is 2.59 bits per heavy atom. The second-order valence-electron chi connectivity index (χ2n) is 5.31. The molecule has 0 bridgehead atoms. The van der Waals surface area contributed by atoms with Crippen molar-refractivity contribution < 1.29 is 18.9 Å². The van der Waals surface area contributed by atoms with Crippen LogP contribution >= 0.6 is 23.2 Å². The monoisotopic (exact) mass is 407 g/mol. The Morgan fingerprint density at radius 1 is 1.26 bits per heavy atom. The molecular formula is C17H11Cl2N3O5. The van der Waals surface area contributed by atoms with Crippen molar-refractivity contribution in [1.82, 2.24) is 5.43 Å². The number of rotatable bonds is 5. The lowest BCUT2D eigenvalue weighted by atomic mass is 10.2. The summed E-state index contributed by atoms with van der Waals surface area (Å²) in [4.78, 5) is 22.4. The third-order valence-electron chi connectivity index (χ3n) is 3.54. The van der Waals surface area contributed by atoms with E-state index in [-0.39, 0.29) is 11.4 Å². The molecule has 3 aromatic rings. The van der Waals surface area contributed by atoms with Gasteiger partial charge in [0.2, 0.25) is 0 Å². The van der Waals surface area contributed by atoms with Crippen LogP contribution < -0.4 is 10.2 Å². The van der Waals surface area contributed by atoms with Gasteiger partial charge in [0, 0.05) is 17.5 Å². The number of carbonyl (C=O) groups is 1. The fourth-order valence-electron chi connectivity index (χ4n) is 2.33. The topological polar surface area (TPSA) is 107 Å². The summed E-state index contributed by atoms with van der Waals surface area (Å²) in [5.41, 5.74) is 3.10. The molecule has 0 saturated carbocycles. The zero-order valence-electron chi connectivity index (χ0n) is 13.7. The number of ether oxygens (including phenoxy) is 1. The highest BCUT2D eigenvalue weighted by atomic mass is 35.5. The van der Waals surface area contributed by atoms with Gasteiger partial charge < -0.3 is 9.15 Å². The molecule has 1 heterocycles. The summed E-state index contributed by atoms with van der Waals surface area (Å²) in [6.07, 6.45) is 1.35. The maximum atomic E-state index is 12.1. The van der Waals surface area contributed by atoms with Gasteiger partial charge in [-0.15, -0.1) is 0 Å². The highest BCUT2D eigenvalue weighted by molar-refractivity contribution is 6.37. The molecule has 8 nitrogen and oxygen atoms in total. The van der Waals surface area contributed by atoms with Crippen LogP contribution in [-0.2, 0) is 0 Å². The minimum Gasteiger partial charge on any atom is -0.494 e. The van der Waals surface area contributed by atoms with E-state index >= 15 is 0 Å². The van der Waals surface area contributed by atoms with Crippen LogP contribution in [0.25, 0.3) is 11.0 Å². The summed E-state index contributed by atoms with van der Waals surface area (Å²) in [5, 5.41) is 15.7. The van der Waals surface area contributed by atoms with Crippen LogP contribution in [0.4, 0.5) is 5.69 Å². The third kappa shape index (κ3) is 4.02. The van der Waals surface area contributed by atoms with Crippen molar-refractivity contribution in [1.29, 1.82) is 0 Å². The predicted octanol–water partition coefficient (Wildman–Crippen LogP) is 4.42. The summed E-state index contributed by atoms with van der Waals surface area (Å²) in [7, 11) is 1.45. The number of halogens is 2. The first-order valence-corrected chi connectivity index (χ1v) is 8.19. The molecule has 0 atom stereocenters. The fraction of sp³-hybridized carbons (Fsp3) is 0.0588. The highest BCUT2D eigenvalue weighted by Crippen LogP contribution is 2.33. The largest absolute Gasteiger partial charge is 0.494 e. The Balaban J connectivity index is 1.75. The van der Waals surface area contributed by atoms with Crippen LogP contribution in [0.1, 0.15) is 16.1 Å². The van der Waals surface area contributed by atoms with Gasteiger partial charge in [0.05, 0.1) is 28.3 Å². The maximum absolute atomic E-state index is 12.1. The van der Waals surface area contributed by atoms with Crippen LogP contribution in [0.5, 0.6) is 5.75 Å². The summed E-state index contributed by atoms with van der Waals surface area (Å²) in [6, 6.07) is 8.58. The number of fused-ring (bicyclic) bond motifs is 1. The number of hydrazone groups is 1. The van der Waals surface area contributed by atoms with Crippen LogP contribution in [-0.4, -0.2) is 24.2 Å². The molecule has 0 saturated heterocycles. The molecule has 10 heteroatoms. The third-order valence-corrected chi connectivity index (χ3v) is 4.10. The number of nitro benzene ring substituents is 1. The molecule has 0 spiro atoms. The van der Waals surface area contributed by atoms with Crippen LogP contribution in [0.15, 0.2) is 45.9 Å². The maximum Gasteiger partial charge on any atom is 0.307 e. The molecule has 0 aliphatic heterocycles. The second-order valence-corrected chi connectivity index (χ2v) is 6.12. The number of nitro groups is 1. The molecule has 1 amide bonds. The number of methoxy groups -OCH3 is 1. The van der Waals surface area contributed by atoms with E-state index in [1.807, 2.05) is 0 Å². The van der Waals surface area contributed by atoms with E-state index in [4.69, 9.17) is 32.4 Å². The number of amides is 1. The van der Waals surface area contributed by atoms with Gasteiger partial charge in [-0.2, -0.15) is 5.10 Å². The average molecular weight is 408 g/mol. The molecular weight excluding hydrogens is 397 g/mol. The van der Waals surface area contributed by atoms with Gasteiger partial charge in [-0.05, 0) is 29.8 Å². The number of non-ortho nitro benzene ring substituents is 1. The average Bonchev–Trinajstić information content (AvgIpc) is 3.04. The number of furan rings is 1. The Morgan fingerprint density at radius 2 is 1.96 bits per heavy atom. The van der Waals surface area contributed by atoms with Gasteiger partial charge >= 0.3 is 5.91 Å². The summed E-state index contributed by atoms with van der Waals surface area (Å²) < 4.78 is 10.4. The Hall–Kier alpha value is -3.10. The van der Waals surface area contributed by atoms with Gasteiger partial charge in [0.25, 0.3) is 5.69 Å². The van der Waals surface area contributed by atoms with Gasteiger partial charge in [0.15, 0.2) is 11.5 Å². The van der Waals surface area contributed by atoms with Gasteiger partial charge in [0.1, 0.15) is 5.58 Å². The summed E-state index contributed by atoms with van der Waals surface area (Å²) in [5.74, 6) is -0.305. The van der Waals surface area contributed by atoms with Gasteiger partial charge in [-0.25, -0.2) is 5.43 Å². The Bertz CT molecular complexity index is 1050. The number of benzene rings is 2. The number of nitrogens with one attached hydrogen (secondary N) is 1. The van der Waals surface area contributed by atoms with E-state index in [0.29, 0.717) is 32.3 Å². The fourth-order valence-corrected chi connectivity index (χ4v) is 2.98. The number of carbonyl (C=O) groups excluding carboxylic acids is 1. The van der Waals surface area contributed by atoms with E-state index in [2.05, 4.69) is 10.5 Å².